The Hall–Kier alpha value is -3.03. The number of hydrogen-bond donors (Lipinski definition) is 2. The molecule has 0 aliphatic carbocycles. The molecule has 0 aliphatic rings. The SMILES string of the molecule is CCCCCNC(=O)CC(NC(=O)c1cc(-c2c(OC)cccc2OC)n(CC(CC)CC)n1)C(C)C. The van der Waals surface area contributed by atoms with Crippen molar-refractivity contribution in [3.05, 3.63) is 30.0 Å². The Morgan fingerprint density at radius 3 is 2.22 bits per heavy atom. The van der Waals surface area contributed by atoms with Crippen molar-refractivity contribution >= 4 is 11.8 Å². The van der Waals surface area contributed by atoms with Gasteiger partial charge < -0.3 is 20.1 Å². The summed E-state index contributed by atoms with van der Waals surface area (Å²) in [4.78, 5) is 25.9. The standard InChI is InChI=1S/C29H46N4O4/c1-8-11-12-16-30-27(34)18-22(20(4)5)31-29(35)23-17-24(33(32-23)19-21(9-2)10-3)28-25(36-6)14-13-15-26(28)37-7/h13-15,17,20-22H,8-12,16,18-19H2,1-7H3,(H,30,34)(H,31,35). The number of rotatable bonds is 16. The molecule has 0 saturated carbocycles. The molecule has 2 aromatic rings. The van der Waals surface area contributed by atoms with E-state index in [0.29, 0.717) is 36.2 Å². The number of amides is 2. The van der Waals surface area contributed by atoms with Crippen molar-refractivity contribution in [1.29, 1.82) is 0 Å². The fourth-order valence-corrected chi connectivity index (χ4v) is 4.33. The van der Waals surface area contributed by atoms with Crippen LogP contribution >= 0.6 is 0 Å². The zero-order valence-corrected chi connectivity index (χ0v) is 23.7. The summed E-state index contributed by atoms with van der Waals surface area (Å²) >= 11 is 0. The third-order valence-electron chi connectivity index (χ3n) is 6.91. The number of nitrogens with one attached hydrogen (secondary N) is 2. The number of benzene rings is 1. The van der Waals surface area contributed by atoms with Crippen molar-refractivity contribution in [3.8, 4) is 22.8 Å². The average molecular weight is 515 g/mol. The third-order valence-corrected chi connectivity index (χ3v) is 6.91. The first-order chi connectivity index (χ1) is 17.8. The zero-order valence-electron chi connectivity index (χ0n) is 23.7. The van der Waals surface area contributed by atoms with E-state index in [9.17, 15) is 9.59 Å². The Kier molecular flexibility index (Phi) is 12.5. The van der Waals surface area contributed by atoms with E-state index in [1.54, 1.807) is 20.3 Å². The summed E-state index contributed by atoms with van der Waals surface area (Å²) in [5.41, 5.74) is 1.83. The molecule has 0 saturated heterocycles. The van der Waals surface area contributed by atoms with Crippen LogP contribution in [-0.4, -0.2) is 48.4 Å². The van der Waals surface area contributed by atoms with Crippen molar-refractivity contribution in [2.45, 2.75) is 85.7 Å². The van der Waals surface area contributed by atoms with E-state index >= 15 is 0 Å². The van der Waals surface area contributed by atoms with E-state index in [4.69, 9.17) is 14.6 Å². The maximum atomic E-state index is 13.4. The number of hydrogen-bond acceptors (Lipinski definition) is 5. The molecule has 8 nitrogen and oxygen atoms in total. The summed E-state index contributed by atoms with van der Waals surface area (Å²) in [6, 6.07) is 7.11. The molecular formula is C29H46N4O4. The van der Waals surface area contributed by atoms with E-state index in [2.05, 4.69) is 31.4 Å². The van der Waals surface area contributed by atoms with Crippen molar-refractivity contribution in [2.24, 2.45) is 11.8 Å². The topological polar surface area (TPSA) is 94.5 Å². The second-order valence-electron chi connectivity index (χ2n) is 9.90. The van der Waals surface area contributed by atoms with E-state index in [1.807, 2.05) is 36.7 Å². The van der Waals surface area contributed by atoms with Crippen LogP contribution < -0.4 is 20.1 Å². The molecule has 1 unspecified atom stereocenters. The highest BCUT2D eigenvalue weighted by Gasteiger charge is 2.25. The molecule has 8 heteroatoms. The summed E-state index contributed by atoms with van der Waals surface area (Å²) in [6.45, 7) is 11.8. The quantitative estimate of drug-likeness (QED) is 0.290. The van der Waals surface area contributed by atoms with Crippen molar-refractivity contribution < 1.29 is 19.1 Å². The summed E-state index contributed by atoms with van der Waals surface area (Å²) < 4.78 is 13.2. The normalized spacial score (nSPS) is 12.0. The van der Waals surface area contributed by atoms with E-state index in [-0.39, 0.29) is 30.2 Å². The minimum atomic E-state index is -0.299. The van der Waals surface area contributed by atoms with Crippen LogP contribution in [0, 0.1) is 11.8 Å². The predicted octanol–water partition coefficient (Wildman–Crippen LogP) is 5.45. The van der Waals surface area contributed by atoms with E-state index in [1.165, 1.54) is 0 Å². The number of methoxy groups -OCH3 is 2. The van der Waals surface area contributed by atoms with Crippen LogP contribution in [-0.2, 0) is 11.3 Å². The van der Waals surface area contributed by atoms with Gasteiger partial charge in [0.05, 0.1) is 25.5 Å². The van der Waals surface area contributed by atoms with Crippen LogP contribution in [0.5, 0.6) is 11.5 Å². The average Bonchev–Trinajstić information content (AvgIpc) is 3.32. The molecule has 2 N–H and O–H groups in total. The van der Waals surface area contributed by atoms with Crippen LogP contribution in [0.1, 0.15) is 83.6 Å². The lowest BCUT2D eigenvalue weighted by molar-refractivity contribution is -0.121. The van der Waals surface area contributed by atoms with Crippen LogP contribution in [0.3, 0.4) is 0 Å². The lowest BCUT2D eigenvalue weighted by atomic mass is 10.00. The second kappa shape index (κ2) is 15.3. The number of carbonyl (C=O) groups is 2. The summed E-state index contributed by atoms with van der Waals surface area (Å²) in [5, 5.41) is 10.8. The number of nitrogens with zero attached hydrogens (tertiary/aromatic N) is 2. The first-order valence-corrected chi connectivity index (χ1v) is 13.7. The first-order valence-electron chi connectivity index (χ1n) is 13.7. The highest BCUT2D eigenvalue weighted by atomic mass is 16.5. The van der Waals surface area contributed by atoms with Gasteiger partial charge in [-0.3, -0.25) is 14.3 Å². The molecule has 0 radical (unpaired) electrons. The van der Waals surface area contributed by atoms with Gasteiger partial charge in [0.1, 0.15) is 11.5 Å². The molecule has 0 aliphatic heterocycles. The minimum Gasteiger partial charge on any atom is -0.496 e. The van der Waals surface area contributed by atoms with E-state index < -0.39 is 0 Å². The van der Waals surface area contributed by atoms with Crippen molar-refractivity contribution in [2.75, 3.05) is 20.8 Å². The number of unbranched alkanes of at least 4 members (excludes halogenated alkanes) is 2. The molecule has 2 amide bonds. The van der Waals surface area contributed by atoms with E-state index in [0.717, 1.165) is 43.4 Å². The van der Waals surface area contributed by atoms with Crippen LogP contribution in [0.2, 0.25) is 0 Å². The highest BCUT2D eigenvalue weighted by molar-refractivity contribution is 5.94. The predicted molar refractivity (Wildman–Crippen MR) is 148 cm³/mol. The lowest BCUT2D eigenvalue weighted by Gasteiger charge is -2.21. The second-order valence-corrected chi connectivity index (χ2v) is 9.90. The Morgan fingerprint density at radius 1 is 1.03 bits per heavy atom. The maximum Gasteiger partial charge on any atom is 0.272 e. The molecule has 0 fully saturated rings. The van der Waals surface area contributed by atoms with Gasteiger partial charge in [-0.05, 0) is 36.5 Å². The number of aromatic nitrogens is 2. The van der Waals surface area contributed by atoms with Crippen molar-refractivity contribution in [1.82, 2.24) is 20.4 Å². The fourth-order valence-electron chi connectivity index (χ4n) is 4.33. The molecule has 2 rings (SSSR count). The van der Waals surface area contributed by atoms with Crippen LogP contribution in [0.4, 0.5) is 0 Å². The van der Waals surface area contributed by atoms with Crippen LogP contribution in [0.25, 0.3) is 11.3 Å². The molecule has 0 spiro atoms. The van der Waals surface area contributed by atoms with Gasteiger partial charge in [-0.1, -0.05) is 66.4 Å². The Balaban J connectivity index is 2.35. The molecule has 1 atom stereocenters. The highest BCUT2D eigenvalue weighted by Crippen LogP contribution is 2.39. The Bertz CT molecular complexity index is 976. The van der Waals surface area contributed by atoms with Crippen molar-refractivity contribution in [3.63, 3.8) is 0 Å². The molecule has 206 valence electrons. The van der Waals surface area contributed by atoms with Gasteiger partial charge >= 0.3 is 0 Å². The van der Waals surface area contributed by atoms with Gasteiger partial charge in [-0.15, -0.1) is 0 Å². The van der Waals surface area contributed by atoms with Gasteiger partial charge in [0.25, 0.3) is 5.91 Å². The fraction of sp³-hybridized carbons (Fsp3) is 0.621. The Labute approximate surface area is 222 Å². The van der Waals surface area contributed by atoms with Crippen LogP contribution in [0.15, 0.2) is 24.3 Å². The van der Waals surface area contributed by atoms with Gasteiger partial charge in [0.15, 0.2) is 5.69 Å². The number of ether oxygens (including phenoxy) is 2. The lowest BCUT2D eigenvalue weighted by Crippen LogP contribution is -2.42. The maximum absolute atomic E-state index is 13.4. The Morgan fingerprint density at radius 2 is 1.68 bits per heavy atom. The minimum absolute atomic E-state index is 0.0474. The van der Waals surface area contributed by atoms with Gasteiger partial charge in [0, 0.05) is 25.6 Å². The summed E-state index contributed by atoms with van der Waals surface area (Å²) in [6.07, 6.45) is 5.39. The smallest absolute Gasteiger partial charge is 0.272 e. The molecule has 0 bridgehead atoms. The van der Waals surface area contributed by atoms with Gasteiger partial charge in [-0.2, -0.15) is 5.10 Å². The largest absolute Gasteiger partial charge is 0.496 e. The monoisotopic (exact) mass is 514 g/mol. The molecule has 1 heterocycles. The number of carbonyl (C=O) groups excluding carboxylic acids is 2. The zero-order chi connectivity index (χ0) is 27.4. The molecular weight excluding hydrogens is 468 g/mol. The molecule has 1 aromatic carbocycles. The summed E-state index contributed by atoms with van der Waals surface area (Å²) in [5.74, 6) is 1.46. The first kappa shape index (κ1) is 30.2. The van der Waals surface area contributed by atoms with Gasteiger partial charge in [-0.25, -0.2) is 0 Å². The van der Waals surface area contributed by atoms with Gasteiger partial charge in [0.2, 0.25) is 5.91 Å². The molecule has 37 heavy (non-hydrogen) atoms. The third kappa shape index (κ3) is 8.51. The molecule has 1 aromatic heterocycles. The summed E-state index contributed by atoms with van der Waals surface area (Å²) in [7, 11) is 3.24.